The van der Waals surface area contributed by atoms with Crippen LogP contribution in [0.3, 0.4) is 0 Å². The van der Waals surface area contributed by atoms with Gasteiger partial charge in [-0.05, 0) is 42.8 Å². The highest BCUT2D eigenvalue weighted by atomic mass is 15.1. The van der Waals surface area contributed by atoms with E-state index in [9.17, 15) is 0 Å². The predicted octanol–water partition coefficient (Wildman–Crippen LogP) is 3.87. The molecule has 0 radical (unpaired) electrons. The van der Waals surface area contributed by atoms with Crippen LogP contribution in [0.5, 0.6) is 0 Å². The first-order valence-electron chi connectivity index (χ1n) is 5.77. The Hall–Kier alpha value is -2.23. The van der Waals surface area contributed by atoms with Gasteiger partial charge in [0, 0.05) is 26.0 Å². The molecule has 92 valence electrons. The van der Waals surface area contributed by atoms with Crippen molar-refractivity contribution in [2.24, 2.45) is 10.2 Å². The van der Waals surface area contributed by atoms with Crippen molar-refractivity contribution in [3.63, 3.8) is 0 Å². The molecule has 4 nitrogen and oxygen atoms in total. The monoisotopic (exact) mass is 240 g/mol. The smallest absolute Gasteiger partial charge is 0.174 e. The number of aryl methyl sites for hydroxylation is 1. The minimum absolute atomic E-state index is 0.619. The molecule has 2 rings (SSSR count). The van der Waals surface area contributed by atoms with E-state index in [-0.39, 0.29) is 0 Å². The summed E-state index contributed by atoms with van der Waals surface area (Å²) in [4.78, 5) is 6.16. The number of pyridine rings is 1. The quantitative estimate of drug-likeness (QED) is 0.764. The van der Waals surface area contributed by atoms with Crippen LogP contribution in [0, 0.1) is 6.92 Å². The zero-order valence-corrected chi connectivity index (χ0v) is 10.8. The number of rotatable bonds is 3. The molecule has 1 aromatic carbocycles. The van der Waals surface area contributed by atoms with Crippen LogP contribution in [0.4, 0.5) is 17.2 Å². The van der Waals surface area contributed by atoms with Gasteiger partial charge in [-0.3, -0.25) is 0 Å². The van der Waals surface area contributed by atoms with Crippen molar-refractivity contribution >= 4 is 17.2 Å². The van der Waals surface area contributed by atoms with Gasteiger partial charge in [0.25, 0.3) is 0 Å². The third-order valence-electron chi connectivity index (χ3n) is 2.61. The van der Waals surface area contributed by atoms with Crippen LogP contribution in [0.15, 0.2) is 52.8 Å². The van der Waals surface area contributed by atoms with Gasteiger partial charge in [0.2, 0.25) is 0 Å². The van der Waals surface area contributed by atoms with E-state index in [0.29, 0.717) is 5.82 Å². The summed E-state index contributed by atoms with van der Waals surface area (Å²) in [5.41, 5.74) is 3.12. The van der Waals surface area contributed by atoms with Gasteiger partial charge in [0.15, 0.2) is 5.82 Å². The number of benzene rings is 1. The molecule has 1 aromatic heterocycles. The van der Waals surface area contributed by atoms with Gasteiger partial charge < -0.3 is 4.90 Å². The molecule has 0 saturated carbocycles. The molecular weight excluding hydrogens is 224 g/mol. The highest BCUT2D eigenvalue weighted by Crippen LogP contribution is 2.25. The van der Waals surface area contributed by atoms with E-state index in [2.05, 4.69) is 26.2 Å². The highest BCUT2D eigenvalue weighted by molar-refractivity contribution is 5.56. The number of aromatic nitrogens is 1. The molecule has 18 heavy (non-hydrogen) atoms. The Morgan fingerprint density at radius 2 is 1.89 bits per heavy atom. The Kier molecular flexibility index (Phi) is 3.67. The van der Waals surface area contributed by atoms with Crippen LogP contribution in [-0.4, -0.2) is 19.1 Å². The highest BCUT2D eigenvalue weighted by Gasteiger charge is 2.00. The Morgan fingerprint density at radius 3 is 2.50 bits per heavy atom. The van der Waals surface area contributed by atoms with Crippen molar-refractivity contribution in [3.05, 3.63) is 48.2 Å². The van der Waals surface area contributed by atoms with E-state index in [1.807, 2.05) is 51.4 Å². The van der Waals surface area contributed by atoms with Gasteiger partial charge >= 0.3 is 0 Å². The lowest BCUT2D eigenvalue weighted by Gasteiger charge is -2.13. The van der Waals surface area contributed by atoms with Crippen molar-refractivity contribution in [2.45, 2.75) is 6.92 Å². The van der Waals surface area contributed by atoms with E-state index >= 15 is 0 Å². The summed E-state index contributed by atoms with van der Waals surface area (Å²) < 4.78 is 0. The maximum absolute atomic E-state index is 4.22. The summed E-state index contributed by atoms with van der Waals surface area (Å²) in [5.74, 6) is 0.619. The summed E-state index contributed by atoms with van der Waals surface area (Å²) in [5, 5.41) is 8.33. The first kappa shape index (κ1) is 12.2. The predicted molar refractivity (Wildman–Crippen MR) is 73.9 cm³/mol. The van der Waals surface area contributed by atoms with Crippen LogP contribution >= 0.6 is 0 Å². The minimum atomic E-state index is 0.619. The fourth-order valence-corrected chi connectivity index (χ4v) is 1.55. The second-order valence-electron chi connectivity index (χ2n) is 4.25. The number of anilines is 1. The van der Waals surface area contributed by atoms with E-state index in [4.69, 9.17) is 0 Å². The summed E-state index contributed by atoms with van der Waals surface area (Å²) in [6.45, 7) is 2.03. The van der Waals surface area contributed by atoms with Gasteiger partial charge in [-0.2, -0.15) is 0 Å². The van der Waals surface area contributed by atoms with Crippen molar-refractivity contribution in [1.29, 1.82) is 0 Å². The molecule has 0 aliphatic rings. The molecule has 0 aliphatic heterocycles. The average Bonchev–Trinajstić information content (AvgIpc) is 2.38. The molecule has 0 fully saturated rings. The first-order chi connectivity index (χ1) is 8.66. The molecule has 1 heterocycles. The van der Waals surface area contributed by atoms with Gasteiger partial charge in [0.1, 0.15) is 0 Å². The second kappa shape index (κ2) is 5.40. The normalized spacial score (nSPS) is 10.8. The van der Waals surface area contributed by atoms with E-state index < -0.39 is 0 Å². The van der Waals surface area contributed by atoms with Gasteiger partial charge in [-0.15, -0.1) is 10.2 Å². The van der Waals surface area contributed by atoms with Gasteiger partial charge in [-0.25, -0.2) is 4.98 Å². The molecule has 0 saturated heterocycles. The second-order valence-corrected chi connectivity index (χ2v) is 4.25. The zero-order chi connectivity index (χ0) is 13.0. The Balaban J connectivity index is 2.22. The Labute approximate surface area is 107 Å². The number of nitrogens with zero attached hydrogens (tertiary/aromatic N) is 4. The first-order valence-corrected chi connectivity index (χ1v) is 5.77. The van der Waals surface area contributed by atoms with Crippen molar-refractivity contribution in [3.8, 4) is 0 Å². The van der Waals surface area contributed by atoms with Crippen LogP contribution < -0.4 is 4.90 Å². The largest absolute Gasteiger partial charge is 0.378 e. The molecular formula is C14H16N4. The van der Waals surface area contributed by atoms with Crippen LogP contribution in [-0.2, 0) is 0 Å². The molecule has 2 aromatic rings. The molecule has 0 spiro atoms. The topological polar surface area (TPSA) is 40.9 Å². The van der Waals surface area contributed by atoms with Crippen LogP contribution in [0.2, 0.25) is 0 Å². The average molecular weight is 240 g/mol. The van der Waals surface area contributed by atoms with Crippen molar-refractivity contribution in [2.75, 3.05) is 19.0 Å². The summed E-state index contributed by atoms with van der Waals surface area (Å²) >= 11 is 0. The SMILES string of the molecule is Cc1cc(N(C)C)ccc1/N=N/c1ccccn1. The molecule has 0 N–H and O–H groups in total. The minimum Gasteiger partial charge on any atom is -0.378 e. The molecule has 0 bridgehead atoms. The summed E-state index contributed by atoms with van der Waals surface area (Å²) in [6, 6.07) is 11.7. The van der Waals surface area contributed by atoms with E-state index in [1.54, 1.807) is 6.20 Å². The van der Waals surface area contributed by atoms with Crippen molar-refractivity contribution < 1.29 is 0 Å². The molecule has 0 atom stereocenters. The fraction of sp³-hybridized carbons (Fsp3) is 0.214. The number of hydrogen-bond donors (Lipinski definition) is 0. The molecule has 0 unspecified atom stereocenters. The van der Waals surface area contributed by atoms with E-state index in [0.717, 1.165) is 16.9 Å². The van der Waals surface area contributed by atoms with Crippen LogP contribution in [0.25, 0.3) is 0 Å². The van der Waals surface area contributed by atoms with Gasteiger partial charge in [0.05, 0.1) is 5.69 Å². The summed E-state index contributed by atoms with van der Waals surface area (Å²) in [7, 11) is 4.04. The number of azo groups is 1. The standard InChI is InChI=1S/C14H16N4/c1-11-10-12(18(2)3)7-8-13(11)16-17-14-6-4-5-9-15-14/h4-10H,1-3H3/b17-16+. The summed E-state index contributed by atoms with van der Waals surface area (Å²) in [6.07, 6.45) is 1.70. The van der Waals surface area contributed by atoms with Crippen molar-refractivity contribution in [1.82, 2.24) is 4.98 Å². The lowest BCUT2D eigenvalue weighted by atomic mass is 10.2. The maximum Gasteiger partial charge on any atom is 0.174 e. The third kappa shape index (κ3) is 2.91. The molecule has 0 aliphatic carbocycles. The van der Waals surface area contributed by atoms with Gasteiger partial charge in [-0.1, -0.05) is 6.07 Å². The molecule has 4 heteroatoms. The Bertz CT molecular complexity index is 547. The Morgan fingerprint density at radius 1 is 1.06 bits per heavy atom. The van der Waals surface area contributed by atoms with Crippen LogP contribution in [0.1, 0.15) is 5.56 Å². The zero-order valence-electron chi connectivity index (χ0n) is 10.8. The maximum atomic E-state index is 4.22. The third-order valence-corrected chi connectivity index (χ3v) is 2.61. The fourth-order valence-electron chi connectivity index (χ4n) is 1.55. The number of hydrogen-bond acceptors (Lipinski definition) is 4. The van der Waals surface area contributed by atoms with E-state index in [1.165, 1.54) is 0 Å². The lowest BCUT2D eigenvalue weighted by molar-refractivity contribution is 1.11. The molecule has 0 amide bonds. The lowest BCUT2D eigenvalue weighted by Crippen LogP contribution is -2.08.